The predicted molar refractivity (Wildman–Crippen MR) is 104 cm³/mol. The zero-order valence-electron chi connectivity index (χ0n) is 15.5. The Labute approximate surface area is 173 Å². The van der Waals surface area contributed by atoms with Crippen LogP contribution in [0.25, 0.3) is 10.9 Å². The number of para-hydroxylation sites is 1. The number of fused-ring (bicyclic) bond motifs is 1. The van der Waals surface area contributed by atoms with Crippen LogP contribution in [0.15, 0.2) is 47.6 Å². The molecule has 0 bridgehead atoms. The van der Waals surface area contributed by atoms with Gasteiger partial charge in [0.1, 0.15) is 5.03 Å². The first-order chi connectivity index (χ1) is 14.3. The van der Waals surface area contributed by atoms with E-state index in [0.717, 1.165) is 11.8 Å². The van der Waals surface area contributed by atoms with E-state index in [1.165, 1.54) is 24.4 Å². The monoisotopic (exact) mass is 436 g/mol. The second-order valence-electron chi connectivity index (χ2n) is 6.90. The summed E-state index contributed by atoms with van der Waals surface area (Å²) in [6, 6.07) is 9.29. The third kappa shape index (κ3) is 4.15. The molecular formula is C20H16F4N4OS. The van der Waals surface area contributed by atoms with Crippen LogP contribution in [0.1, 0.15) is 28.3 Å². The molecule has 1 aliphatic rings. The molecule has 0 saturated carbocycles. The number of rotatable bonds is 5. The average molecular weight is 436 g/mol. The number of halogens is 4. The quantitative estimate of drug-likeness (QED) is 0.280. The fourth-order valence-corrected chi connectivity index (χ4v) is 4.12. The highest BCUT2D eigenvalue weighted by Crippen LogP contribution is 2.33. The van der Waals surface area contributed by atoms with Crippen molar-refractivity contribution in [3.63, 3.8) is 0 Å². The van der Waals surface area contributed by atoms with Crippen molar-refractivity contribution >= 4 is 28.4 Å². The molecule has 1 N–H and O–H groups in total. The number of carbonyl (C=O) groups excluding carboxylic acids is 1. The van der Waals surface area contributed by atoms with Gasteiger partial charge in [0.05, 0.1) is 17.0 Å². The van der Waals surface area contributed by atoms with Gasteiger partial charge in [0, 0.05) is 30.1 Å². The van der Waals surface area contributed by atoms with Crippen LogP contribution in [0.2, 0.25) is 0 Å². The van der Waals surface area contributed by atoms with Gasteiger partial charge >= 0.3 is 6.18 Å². The molecule has 0 spiro atoms. The van der Waals surface area contributed by atoms with E-state index < -0.39 is 17.7 Å². The van der Waals surface area contributed by atoms with Crippen molar-refractivity contribution in [2.75, 3.05) is 18.8 Å². The molecule has 1 aliphatic heterocycles. The van der Waals surface area contributed by atoms with Gasteiger partial charge in [-0.05, 0) is 24.7 Å². The van der Waals surface area contributed by atoms with E-state index in [9.17, 15) is 22.4 Å². The van der Waals surface area contributed by atoms with Crippen LogP contribution in [0, 0.1) is 0 Å². The fourth-order valence-electron chi connectivity index (χ4n) is 3.21. The van der Waals surface area contributed by atoms with E-state index in [4.69, 9.17) is 0 Å². The number of Topliss-reactive ketones (excluding diaryl/α,β-unsaturated/α-hetero) is 1. The summed E-state index contributed by atoms with van der Waals surface area (Å²) in [6.45, 7) is 0.730. The molecule has 1 unspecified atom stereocenters. The van der Waals surface area contributed by atoms with Crippen LogP contribution in [-0.2, 0) is 11.8 Å². The van der Waals surface area contributed by atoms with Crippen molar-refractivity contribution in [3.05, 3.63) is 59.7 Å². The number of nitrogens with zero attached hydrogens (tertiary/aromatic N) is 3. The predicted octanol–water partition coefficient (Wildman–Crippen LogP) is 4.18. The van der Waals surface area contributed by atoms with Gasteiger partial charge in [-0.15, -0.1) is 0 Å². The maximum absolute atomic E-state index is 14.7. The Hall–Kier alpha value is -2.59. The topological polar surface area (TPSA) is 67.8 Å². The molecule has 1 saturated heterocycles. The van der Waals surface area contributed by atoms with Gasteiger partial charge in [-0.2, -0.15) is 13.2 Å². The Morgan fingerprint density at radius 3 is 2.63 bits per heavy atom. The summed E-state index contributed by atoms with van der Waals surface area (Å²) >= 11 is 0.899. The van der Waals surface area contributed by atoms with Crippen LogP contribution in [0.4, 0.5) is 17.6 Å². The molecule has 1 fully saturated rings. The summed E-state index contributed by atoms with van der Waals surface area (Å²) in [4.78, 5) is 23.8. The second-order valence-corrected chi connectivity index (χ2v) is 7.87. The molecule has 0 aliphatic carbocycles. The highest BCUT2D eigenvalue weighted by atomic mass is 32.2. The van der Waals surface area contributed by atoms with E-state index in [-0.39, 0.29) is 39.9 Å². The number of nitrogens with one attached hydrogen (secondary N) is 1. The van der Waals surface area contributed by atoms with Crippen molar-refractivity contribution in [1.82, 2.24) is 20.3 Å². The standard InChI is InChI=1S/C20H16F4N4OS/c21-19(7-8-25-11-19)16-6-5-12(9-26-16)15(29)10-30-17-13-3-1-2-4-14(13)27-18(28-17)20(22,23)24/h1-6,9,25H,7-8,10-11H2. The highest BCUT2D eigenvalue weighted by Gasteiger charge is 2.37. The van der Waals surface area contributed by atoms with Crippen molar-refractivity contribution in [2.24, 2.45) is 0 Å². The van der Waals surface area contributed by atoms with Gasteiger partial charge < -0.3 is 5.32 Å². The van der Waals surface area contributed by atoms with Crippen molar-refractivity contribution in [2.45, 2.75) is 23.3 Å². The number of benzene rings is 1. The van der Waals surface area contributed by atoms with Gasteiger partial charge in [-0.25, -0.2) is 14.4 Å². The molecule has 10 heteroatoms. The number of pyridine rings is 1. The van der Waals surface area contributed by atoms with Gasteiger partial charge in [-0.3, -0.25) is 9.78 Å². The minimum Gasteiger partial charge on any atom is -0.313 e. The van der Waals surface area contributed by atoms with Crippen molar-refractivity contribution in [3.8, 4) is 0 Å². The molecule has 2 aromatic heterocycles. The van der Waals surface area contributed by atoms with Gasteiger partial charge in [0.2, 0.25) is 5.82 Å². The number of hydrogen-bond acceptors (Lipinski definition) is 6. The lowest BCUT2D eigenvalue weighted by Crippen LogP contribution is -2.24. The molecule has 4 rings (SSSR count). The minimum absolute atomic E-state index is 0.0746. The molecule has 0 radical (unpaired) electrons. The number of alkyl halides is 4. The first-order valence-corrected chi connectivity index (χ1v) is 10.1. The summed E-state index contributed by atoms with van der Waals surface area (Å²) in [7, 11) is 0. The maximum Gasteiger partial charge on any atom is 0.451 e. The van der Waals surface area contributed by atoms with E-state index in [0.29, 0.717) is 18.4 Å². The summed E-state index contributed by atoms with van der Waals surface area (Å²) < 4.78 is 54.0. The fraction of sp³-hybridized carbons (Fsp3) is 0.300. The summed E-state index contributed by atoms with van der Waals surface area (Å²) in [5.41, 5.74) is -0.882. The van der Waals surface area contributed by atoms with Gasteiger partial charge in [-0.1, -0.05) is 30.0 Å². The molecule has 1 atom stereocenters. The van der Waals surface area contributed by atoms with Gasteiger partial charge in [0.25, 0.3) is 0 Å². The van der Waals surface area contributed by atoms with Crippen LogP contribution in [0.5, 0.6) is 0 Å². The molecule has 156 valence electrons. The Morgan fingerprint density at radius 2 is 1.97 bits per heavy atom. The Bertz CT molecular complexity index is 1080. The van der Waals surface area contributed by atoms with Gasteiger partial charge in [0.15, 0.2) is 11.5 Å². The number of ketones is 1. The molecule has 30 heavy (non-hydrogen) atoms. The highest BCUT2D eigenvalue weighted by molar-refractivity contribution is 8.00. The number of hydrogen-bond donors (Lipinski definition) is 1. The maximum atomic E-state index is 14.7. The van der Waals surface area contributed by atoms with E-state index in [1.54, 1.807) is 18.2 Å². The lowest BCUT2D eigenvalue weighted by molar-refractivity contribution is -0.145. The third-order valence-corrected chi connectivity index (χ3v) is 5.80. The summed E-state index contributed by atoms with van der Waals surface area (Å²) in [6.07, 6.45) is -3.08. The average Bonchev–Trinajstić information content (AvgIpc) is 3.18. The Balaban J connectivity index is 1.53. The summed E-state index contributed by atoms with van der Waals surface area (Å²) in [5.74, 6) is -1.73. The molecule has 5 nitrogen and oxygen atoms in total. The zero-order chi connectivity index (χ0) is 21.4. The summed E-state index contributed by atoms with van der Waals surface area (Å²) in [5, 5.41) is 3.45. The van der Waals surface area contributed by atoms with Crippen LogP contribution >= 0.6 is 11.8 Å². The lowest BCUT2D eigenvalue weighted by atomic mass is 9.99. The van der Waals surface area contributed by atoms with E-state index in [1.807, 2.05) is 0 Å². The molecule has 0 amide bonds. The number of carbonyl (C=O) groups is 1. The molecular weight excluding hydrogens is 420 g/mol. The van der Waals surface area contributed by atoms with E-state index in [2.05, 4.69) is 20.3 Å². The second kappa shape index (κ2) is 7.92. The smallest absolute Gasteiger partial charge is 0.313 e. The van der Waals surface area contributed by atoms with Crippen LogP contribution in [-0.4, -0.2) is 39.6 Å². The first kappa shape index (κ1) is 20.7. The third-order valence-electron chi connectivity index (χ3n) is 4.81. The first-order valence-electron chi connectivity index (χ1n) is 9.12. The zero-order valence-corrected chi connectivity index (χ0v) is 16.4. The molecule has 3 heterocycles. The van der Waals surface area contributed by atoms with E-state index >= 15 is 0 Å². The van der Waals surface area contributed by atoms with Crippen molar-refractivity contribution < 1.29 is 22.4 Å². The largest absolute Gasteiger partial charge is 0.451 e. The van der Waals surface area contributed by atoms with Crippen molar-refractivity contribution in [1.29, 1.82) is 0 Å². The minimum atomic E-state index is -4.69. The lowest BCUT2D eigenvalue weighted by Gasteiger charge is -2.17. The van der Waals surface area contributed by atoms with Crippen LogP contribution in [0.3, 0.4) is 0 Å². The molecule has 3 aromatic rings. The SMILES string of the molecule is O=C(CSc1nc(C(F)(F)F)nc2ccccc12)c1ccc(C2(F)CCNC2)nc1. The number of aromatic nitrogens is 3. The Morgan fingerprint density at radius 1 is 1.17 bits per heavy atom. The van der Waals surface area contributed by atoms with Crippen LogP contribution < -0.4 is 5.32 Å². The Kier molecular flexibility index (Phi) is 5.46. The number of thioether (sulfide) groups is 1. The normalized spacial score (nSPS) is 19.3. The molecule has 1 aromatic carbocycles.